The lowest BCUT2D eigenvalue weighted by Crippen LogP contribution is -2.36. The zero-order valence-electron chi connectivity index (χ0n) is 17.7. The Labute approximate surface area is 166 Å². The van der Waals surface area contributed by atoms with E-state index in [1.54, 1.807) is 0 Å². The van der Waals surface area contributed by atoms with Gasteiger partial charge in [-0.15, -0.1) is 0 Å². The number of esters is 1. The van der Waals surface area contributed by atoms with Gasteiger partial charge < -0.3 is 20.1 Å². The molecule has 0 amide bonds. The van der Waals surface area contributed by atoms with Crippen LogP contribution in [0.3, 0.4) is 0 Å². The highest BCUT2D eigenvalue weighted by atomic mass is 16.6. The molecule has 3 atom stereocenters. The largest absolute Gasteiger partial charge is 0.458 e. The minimum atomic E-state index is -1.21. The van der Waals surface area contributed by atoms with E-state index < -0.39 is 30.9 Å². The smallest absolute Gasteiger partial charge is 0.335 e. The zero-order chi connectivity index (χ0) is 20.3. The molecule has 162 valence electrons. The first-order valence-corrected chi connectivity index (χ1v) is 11.2. The van der Waals surface area contributed by atoms with Crippen LogP contribution in [0.5, 0.6) is 0 Å². The fraction of sp³-hybridized carbons (Fsp3) is 0.955. The number of aliphatic hydroxyl groups is 3. The Hall–Kier alpha value is -0.650. The van der Waals surface area contributed by atoms with E-state index in [-0.39, 0.29) is 0 Å². The lowest BCUT2D eigenvalue weighted by molar-refractivity contribution is -0.166. The standard InChI is InChI=1S/C22H44O5/c1-3-4-5-6-7-8-9-10-11-12-13-14-15-16-17-21(20(25)18-23)27-22(26)19(2)24/h19-21,23-25H,3-18H2,1-2H3. The summed E-state index contributed by atoms with van der Waals surface area (Å²) in [5, 5.41) is 28.0. The minimum absolute atomic E-state index is 0.448. The van der Waals surface area contributed by atoms with Crippen LogP contribution in [0.4, 0.5) is 0 Å². The Balaban J connectivity index is 3.55. The van der Waals surface area contributed by atoms with Crippen LogP contribution in [0, 0.1) is 0 Å². The number of aliphatic hydroxyl groups excluding tert-OH is 3. The van der Waals surface area contributed by atoms with Gasteiger partial charge >= 0.3 is 5.97 Å². The quantitative estimate of drug-likeness (QED) is 0.224. The van der Waals surface area contributed by atoms with Crippen molar-refractivity contribution in [2.75, 3.05) is 6.61 Å². The van der Waals surface area contributed by atoms with Gasteiger partial charge in [-0.3, -0.25) is 0 Å². The van der Waals surface area contributed by atoms with Crippen molar-refractivity contribution in [3.05, 3.63) is 0 Å². The average molecular weight is 389 g/mol. The summed E-state index contributed by atoms with van der Waals surface area (Å²) in [5.41, 5.74) is 0. The van der Waals surface area contributed by atoms with Crippen LogP contribution in [0.2, 0.25) is 0 Å². The second kappa shape index (κ2) is 18.7. The normalized spacial score (nSPS) is 14.7. The summed E-state index contributed by atoms with van der Waals surface area (Å²) in [6, 6.07) is 0. The Morgan fingerprint density at radius 3 is 1.56 bits per heavy atom. The first-order valence-electron chi connectivity index (χ1n) is 11.2. The maximum absolute atomic E-state index is 11.5. The fourth-order valence-corrected chi connectivity index (χ4v) is 3.24. The van der Waals surface area contributed by atoms with Gasteiger partial charge in [0, 0.05) is 0 Å². The number of unbranched alkanes of at least 4 members (excludes halogenated alkanes) is 13. The van der Waals surface area contributed by atoms with E-state index in [0.717, 1.165) is 19.3 Å². The van der Waals surface area contributed by atoms with E-state index in [0.29, 0.717) is 6.42 Å². The van der Waals surface area contributed by atoms with Crippen molar-refractivity contribution in [2.24, 2.45) is 0 Å². The summed E-state index contributed by atoms with van der Waals surface area (Å²) in [6.07, 6.45) is 15.2. The molecule has 5 heteroatoms. The van der Waals surface area contributed by atoms with Crippen molar-refractivity contribution in [2.45, 2.75) is 128 Å². The first-order chi connectivity index (χ1) is 13.0. The van der Waals surface area contributed by atoms with Crippen molar-refractivity contribution in [3.8, 4) is 0 Å². The highest BCUT2D eigenvalue weighted by molar-refractivity contribution is 5.74. The van der Waals surface area contributed by atoms with E-state index in [4.69, 9.17) is 9.84 Å². The van der Waals surface area contributed by atoms with Gasteiger partial charge in [-0.2, -0.15) is 0 Å². The van der Waals surface area contributed by atoms with Crippen LogP contribution in [0.1, 0.15) is 110 Å². The molecule has 0 radical (unpaired) electrons. The molecule has 5 nitrogen and oxygen atoms in total. The SMILES string of the molecule is CCCCCCCCCCCCCCCCC(OC(=O)C(C)O)C(O)CO. The number of ether oxygens (including phenoxy) is 1. The van der Waals surface area contributed by atoms with Crippen LogP contribution in [-0.2, 0) is 9.53 Å². The van der Waals surface area contributed by atoms with Gasteiger partial charge in [0.05, 0.1) is 6.61 Å². The molecular weight excluding hydrogens is 344 g/mol. The Morgan fingerprint density at radius 2 is 1.19 bits per heavy atom. The summed E-state index contributed by atoms with van der Waals surface area (Å²) in [6.45, 7) is 3.14. The third kappa shape index (κ3) is 16.0. The van der Waals surface area contributed by atoms with Crippen molar-refractivity contribution >= 4 is 5.97 Å². The van der Waals surface area contributed by atoms with Crippen LogP contribution >= 0.6 is 0 Å². The second-order valence-electron chi connectivity index (χ2n) is 7.79. The van der Waals surface area contributed by atoms with Crippen LogP contribution in [0.15, 0.2) is 0 Å². The molecule has 0 saturated heterocycles. The Morgan fingerprint density at radius 1 is 0.778 bits per heavy atom. The minimum Gasteiger partial charge on any atom is -0.458 e. The van der Waals surface area contributed by atoms with Gasteiger partial charge in [-0.05, 0) is 19.8 Å². The molecule has 0 bridgehead atoms. The van der Waals surface area contributed by atoms with Gasteiger partial charge in [0.1, 0.15) is 18.3 Å². The molecule has 27 heavy (non-hydrogen) atoms. The first kappa shape index (κ1) is 26.4. The molecule has 0 spiro atoms. The van der Waals surface area contributed by atoms with Crippen LogP contribution in [0.25, 0.3) is 0 Å². The predicted octanol–water partition coefficient (Wildman–Crippen LogP) is 4.50. The van der Waals surface area contributed by atoms with Crippen molar-refractivity contribution in [3.63, 3.8) is 0 Å². The van der Waals surface area contributed by atoms with Gasteiger partial charge in [-0.25, -0.2) is 4.79 Å². The highest BCUT2D eigenvalue weighted by Crippen LogP contribution is 2.15. The fourth-order valence-electron chi connectivity index (χ4n) is 3.24. The molecule has 0 fully saturated rings. The van der Waals surface area contributed by atoms with Gasteiger partial charge in [0.15, 0.2) is 0 Å². The number of carbonyl (C=O) groups is 1. The van der Waals surface area contributed by atoms with Gasteiger partial charge in [-0.1, -0.05) is 90.4 Å². The van der Waals surface area contributed by atoms with Crippen molar-refractivity contribution in [1.29, 1.82) is 0 Å². The average Bonchev–Trinajstić information content (AvgIpc) is 2.66. The molecule has 3 N–H and O–H groups in total. The van der Waals surface area contributed by atoms with E-state index in [1.807, 2.05) is 0 Å². The van der Waals surface area contributed by atoms with Crippen LogP contribution < -0.4 is 0 Å². The number of hydrogen-bond acceptors (Lipinski definition) is 5. The Bertz CT molecular complexity index is 333. The zero-order valence-corrected chi connectivity index (χ0v) is 17.7. The molecule has 0 saturated carbocycles. The summed E-state index contributed by atoms with van der Waals surface area (Å²) >= 11 is 0. The molecule has 0 aliphatic carbocycles. The van der Waals surface area contributed by atoms with E-state index in [2.05, 4.69) is 6.92 Å². The molecule has 0 aliphatic rings. The molecule has 0 heterocycles. The summed E-state index contributed by atoms with van der Waals surface area (Å²) < 4.78 is 5.08. The lowest BCUT2D eigenvalue weighted by atomic mass is 10.0. The van der Waals surface area contributed by atoms with E-state index in [1.165, 1.54) is 77.6 Å². The van der Waals surface area contributed by atoms with Gasteiger partial charge in [0.25, 0.3) is 0 Å². The summed E-state index contributed by atoms with van der Waals surface area (Å²) in [7, 11) is 0. The third-order valence-corrected chi connectivity index (χ3v) is 5.07. The Kier molecular flexibility index (Phi) is 18.3. The van der Waals surface area contributed by atoms with Crippen molar-refractivity contribution in [1.82, 2.24) is 0 Å². The number of carbonyl (C=O) groups excluding carboxylic acids is 1. The predicted molar refractivity (Wildman–Crippen MR) is 110 cm³/mol. The number of hydrogen-bond donors (Lipinski definition) is 3. The monoisotopic (exact) mass is 388 g/mol. The molecular formula is C22H44O5. The van der Waals surface area contributed by atoms with E-state index >= 15 is 0 Å². The molecule has 0 aliphatic heterocycles. The van der Waals surface area contributed by atoms with Gasteiger partial charge in [0.2, 0.25) is 0 Å². The highest BCUT2D eigenvalue weighted by Gasteiger charge is 2.24. The maximum atomic E-state index is 11.5. The molecule has 0 rings (SSSR count). The topological polar surface area (TPSA) is 87.0 Å². The molecule has 0 aromatic rings. The van der Waals surface area contributed by atoms with E-state index in [9.17, 15) is 15.0 Å². The summed E-state index contributed by atoms with van der Waals surface area (Å²) in [4.78, 5) is 11.5. The third-order valence-electron chi connectivity index (χ3n) is 5.07. The van der Waals surface area contributed by atoms with Crippen LogP contribution in [-0.4, -0.2) is 46.2 Å². The lowest BCUT2D eigenvalue weighted by Gasteiger charge is -2.22. The number of rotatable bonds is 19. The molecule has 0 aromatic carbocycles. The summed E-state index contributed by atoms with van der Waals surface area (Å²) in [5.74, 6) is -0.752. The second-order valence-corrected chi connectivity index (χ2v) is 7.79. The van der Waals surface area contributed by atoms with Crippen molar-refractivity contribution < 1.29 is 24.9 Å². The molecule has 0 aromatic heterocycles. The maximum Gasteiger partial charge on any atom is 0.335 e. The molecule has 3 unspecified atom stereocenters.